The highest BCUT2D eigenvalue weighted by Gasteiger charge is 2.11. The molecule has 8 heteroatoms. The molecule has 3 heterocycles. The summed E-state index contributed by atoms with van der Waals surface area (Å²) in [5.41, 5.74) is 3.92. The van der Waals surface area contributed by atoms with E-state index in [1.165, 1.54) is 0 Å². The maximum atomic E-state index is 5.98. The highest BCUT2D eigenvalue weighted by Crippen LogP contribution is 2.28. The van der Waals surface area contributed by atoms with Gasteiger partial charge in [-0.1, -0.05) is 6.07 Å². The van der Waals surface area contributed by atoms with E-state index in [0.29, 0.717) is 18.4 Å². The summed E-state index contributed by atoms with van der Waals surface area (Å²) in [6.45, 7) is 7.08. The molecule has 0 bridgehead atoms. The molecule has 5 rings (SSSR count). The van der Waals surface area contributed by atoms with Gasteiger partial charge in [0.1, 0.15) is 12.4 Å². The molecule has 0 unspecified atom stereocenters. The summed E-state index contributed by atoms with van der Waals surface area (Å²) in [6, 6.07) is 16.3. The van der Waals surface area contributed by atoms with Crippen LogP contribution in [0.4, 0.5) is 11.7 Å². The van der Waals surface area contributed by atoms with Gasteiger partial charge in [0.25, 0.3) is 6.01 Å². The first-order valence-corrected chi connectivity index (χ1v) is 11.1. The summed E-state index contributed by atoms with van der Waals surface area (Å²) >= 11 is 0. The van der Waals surface area contributed by atoms with Crippen LogP contribution in [0.3, 0.4) is 0 Å². The second kappa shape index (κ2) is 9.89. The Morgan fingerprint density at radius 1 is 1.09 bits per heavy atom. The van der Waals surface area contributed by atoms with Crippen molar-refractivity contribution in [2.45, 2.75) is 6.92 Å². The van der Waals surface area contributed by atoms with E-state index in [2.05, 4.69) is 20.3 Å². The van der Waals surface area contributed by atoms with Gasteiger partial charge in [-0.05, 0) is 48.9 Å². The molecule has 1 N–H and O–H groups in total. The Kier molecular flexibility index (Phi) is 6.37. The zero-order valence-electron chi connectivity index (χ0n) is 18.6. The largest absolute Gasteiger partial charge is 0.492 e. The number of anilines is 2. The summed E-state index contributed by atoms with van der Waals surface area (Å²) in [5.74, 6) is 1.51. The molecule has 0 aliphatic carbocycles. The van der Waals surface area contributed by atoms with Gasteiger partial charge in [-0.25, -0.2) is 9.67 Å². The van der Waals surface area contributed by atoms with Crippen LogP contribution in [-0.2, 0) is 4.74 Å². The van der Waals surface area contributed by atoms with Crippen LogP contribution >= 0.6 is 0 Å². The zero-order valence-corrected chi connectivity index (χ0v) is 18.6. The van der Waals surface area contributed by atoms with Crippen LogP contribution in [0.5, 0.6) is 5.75 Å². The molecular formula is C25H27N5O3. The second-order valence-corrected chi connectivity index (χ2v) is 7.93. The SMILES string of the molecule is Cc1ccc(OCCN2CCOCC2)cc1Nc1ncc(-c2ccc(-n3cccn3)cc2)o1. The van der Waals surface area contributed by atoms with E-state index in [1.807, 2.05) is 66.3 Å². The van der Waals surface area contributed by atoms with Crippen molar-refractivity contribution in [1.29, 1.82) is 0 Å². The van der Waals surface area contributed by atoms with Crippen molar-refractivity contribution in [3.05, 3.63) is 72.7 Å². The number of morpholine rings is 1. The van der Waals surface area contributed by atoms with Crippen LogP contribution in [0.25, 0.3) is 17.0 Å². The maximum absolute atomic E-state index is 5.98. The molecule has 0 amide bonds. The molecule has 1 saturated heterocycles. The number of hydrogen-bond donors (Lipinski definition) is 1. The van der Waals surface area contributed by atoms with Gasteiger partial charge >= 0.3 is 0 Å². The fourth-order valence-electron chi connectivity index (χ4n) is 3.72. The van der Waals surface area contributed by atoms with E-state index in [1.54, 1.807) is 12.4 Å². The van der Waals surface area contributed by atoms with Gasteiger partial charge in [0.2, 0.25) is 0 Å². The predicted octanol–water partition coefficient (Wildman–Crippen LogP) is 4.29. The van der Waals surface area contributed by atoms with Gasteiger partial charge in [0.15, 0.2) is 5.76 Å². The van der Waals surface area contributed by atoms with Crippen molar-refractivity contribution >= 4 is 11.7 Å². The first kappa shape index (κ1) is 21.2. The van der Waals surface area contributed by atoms with Crippen molar-refractivity contribution in [3.8, 4) is 22.8 Å². The van der Waals surface area contributed by atoms with E-state index in [-0.39, 0.29) is 0 Å². The van der Waals surface area contributed by atoms with Gasteiger partial charge in [-0.2, -0.15) is 5.10 Å². The molecular weight excluding hydrogens is 418 g/mol. The monoisotopic (exact) mass is 445 g/mol. The summed E-state index contributed by atoms with van der Waals surface area (Å²) in [7, 11) is 0. The van der Waals surface area contributed by atoms with Crippen LogP contribution in [0.15, 0.2) is 71.5 Å². The Bertz CT molecular complexity index is 1170. The minimum atomic E-state index is 0.440. The molecule has 33 heavy (non-hydrogen) atoms. The Hall–Kier alpha value is -3.62. The molecule has 0 spiro atoms. The lowest BCUT2D eigenvalue weighted by Crippen LogP contribution is -2.38. The van der Waals surface area contributed by atoms with Crippen LogP contribution in [0.1, 0.15) is 5.56 Å². The Labute approximate surface area is 192 Å². The molecule has 0 saturated carbocycles. The number of oxazole rings is 1. The summed E-state index contributed by atoms with van der Waals surface area (Å²) in [6.07, 6.45) is 5.39. The minimum Gasteiger partial charge on any atom is -0.492 e. The normalized spacial score (nSPS) is 14.3. The number of rotatable bonds is 8. The average Bonchev–Trinajstić information content (AvgIpc) is 3.55. The lowest BCUT2D eigenvalue weighted by molar-refractivity contribution is 0.0322. The quantitative estimate of drug-likeness (QED) is 0.433. The number of benzene rings is 2. The minimum absolute atomic E-state index is 0.440. The number of aromatic nitrogens is 3. The highest BCUT2D eigenvalue weighted by molar-refractivity contribution is 5.63. The highest BCUT2D eigenvalue weighted by atomic mass is 16.5. The van der Waals surface area contributed by atoms with Crippen molar-refractivity contribution in [2.75, 3.05) is 44.8 Å². The zero-order chi connectivity index (χ0) is 22.5. The maximum Gasteiger partial charge on any atom is 0.299 e. The van der Waals surface area contributed by atoms with Crippen LogP contribution in [0, 0.1) is 6.92 Å². The van der Waals surface area contributed by atoms with E-state index in [0.717, 1.165) is 61.1 Å². The fourth-order valence-corrected chi connectivity index (χ4v) is 3.72. The summed E-state index contributed by atoms with van der Waals surface area (Å²) < 4.78 is 19.1. The molecule has 0 atom stereocenters. The standard InChI is InChI=1S/C25H27N5O3/c1-19-3-8-22(32-16-13-29-11-14-31-15-12-29)17-23(19)28-25-26-18-24(33-25)20-4-6-21(7-5-20)30-10-2-9-27-30/h2-10,17-18H,11-16H2,1H3,(H,26,28). The molecule has 170 valence electrons. The number of hydrogen-bond acceptors (Lipinski definition) is 7. The predicted molar refractivity (Wildman–Crippen MR) is 126 cm³/mol. The lowest BCUT2D eigenvalue weighted by Gasteiger charge is -2.26. The summed E-state index contributed by atoms with van der Waals surface area (Å²) in [4.78, 5) is 6.75. The number of ether oxygens (including phenoxy) is 2. The molecule has 0 radical (unpaired) electrons. The van der Waals surface area contributed by atoms with Crippen LogP contribution < -0.4 is 10.1 Å². The third-order valence-electron chi connectivity index (χ3n) is 5.66. The topological polar surface area (TPSA) is 77.6 Å². The third kappa shape index (κ3) is 5.24. The van der Waals surface area contributed by atoms with E-state index >= 15 is 0 Å². The van der Waals surface area contributed by atoms with Gasteiger partial charge in [-0.15, -0.1) is 0 Å². The molecule has 1 aliphatic heterocycles. The van der Waals surface area contributed by atoms with Crippen molar-refractivity contribution in [3.63, 3.8) is 0 Å². The Morgan fingerprint density at radius 3 is 2.73 bits per heavy atom. The Balaban J connectivity index is 1.22. The molecule has 1 fully saturated rings. The van der Waals surface area contributed by atoms with E-state index < -0.39 is 0 Å². The Morgan fingerprint density at radius 2 is 1.94 bits per heavy atom. The van der Waals surface area contributed by atoms with Gasteiger partial charge in [0.05, 0.1) is 25.1 Å². The average molecular weight is 446 g/mol. The third-order valence-corrected chi connectivity index (χ3v) is 5.66. The molecule has 2 aromatic carbocycles. The molecule has 8 nitrogen and oxygen atoms in total. The first-order chi connectivity index (χ1) is 16.2. The number of aryl methyl sites for hydroxylation is 1. The van der Waals surface area contributed by atoms with Crippen LogP contribution in [0.2, 0.25) is 0 Å². The number of nitrogens with zero attached hydrogens (tertiary/aromatic N) is 4. The van der Waals surface area contributed by atoms with Crippen LogP contribution in [-0.4, -0.2) is 59.1 Å². The van der Waals surface area contributed by atoms with E-state index in [9.17, 15) is 0 Å². The lowest BCUT2D eigenvalue weighted by atomic mass is 10.2. The number of nitrogens with one attached hydrogen (secondary N) is 1. The molecule has 2 aromatic heterocycles. The van der Waals surface area contributed by atoms with E-state index in [4.69, 9.17) is 13.9 Å². The molecule has 1 aliphatic rings. The van der Waals surface area contributed by atoms with Crippen molar-refractivity contribution in [2.24, 2.45) is 0 Å². The van der Waals surface area contributed by atoms with Gasteiger partial charge < -0.3 is 19.2 Å². The van der Waals surface area contributed by atoms with Crippen molar-refractivity contribution in [1.82, 2.24) is 19.7 Å². The summed E-state index contributed by atoms with van der Waals surface area (Å²) in [5, 5.41) is 7.53. The second-order valence-electron chi connectivity index (χ2n) is 7.93. The fraction of sp³-hybridized carbons (Fsp3) is 0.280. The van der Waals surface area contributed by atoms with Crippen molar-refractivity contribution < 1.29 is 13.9 Å². The smallest absolute Gasteiger partial charge is 0.299 e. The van der Waals surface area contributed by atoms with Gasteiger partial charge in [-0.3, -0.25) is 4.90 Å². The first-order valence-electron chi connectivity index (χ1n) is 11.1. The van der Waals surface area contributed by atoms with Gasteiger partial charge in [0, 0.05) is 49.3 Å². The molecule has 4 aromatic rings.